The lowest BCUT2D eigenvalue weighted by atomic mass is 10.2. The predicted molar refractivity (Wildman–Crippen MR) is 30.1 cm³/mol. The smallest absolute Gasteiger partial charge is 0.280 e. The summed E-state index contributed by atoms with van der Waals surface area (Å²) in [5.74, 6) is 0. The van der Waals surface area contributed by atoms with Gasteiger partial charge in [0.1, 0.15) is 0 Å². The summed E-state index contributed by atoms with van der Waals surface area (Å²) in [6.07, 6.45) is 0. The van der Waals surface area contributed by atoms with Crippen molar-refractivity contribution in [3.63, 3.8) is 0 Å². The number of rotatable bonds is 0. The van der Waals surface area contributed by atoms with Gasteiger partial charge in [-0.2, -0.15) is 0 Å². The van der Waals surface area contributed by atoms with Crippen LogP contribution in [0.1, 0.15) is 6.92 Å². The average Bonchev–Trinajstić information content (AvgIpc) is 1.79. The molecule has 0 bridgehead atoms. The molecule has 6 heteroatoms. The molecule has 0 aromatic carbocycles. The minimum atomic E-state index is -4.41. The van der Waals surface area contributed by atoms with Crippen molar-refractivity contribution in [1.29, 1.82) is 0 Å². The van der Waals surface area contributed by atoms with Gasteiger partial charge in [0.15, 0.2) is 5.67 Å². The van der Waals surface area contributed by atoms with Gasteiger partial charge in [0.2, 0.25) is 0 Å². The highest BCUT2D eigenvalue weighted by Crippen LogP contribution is 2.53. The van der Waals surface area contributed by atoms with E-state index in [2.05, 4.69) is 9.05 Å². The van der Waals surface area contributed by atoms with E-state index in [0.717, 1.165) is 0 Å². The van der Waals surface area contributed by atoms with E-state index in [1.54, 1.807) is 0 Å². The van der Waals surface area contributed by atoms with E-state index in [0.29, 0.717) is 0 Å². The fourth-order valence-corrected chi connectivity index (χ4v) is 1.42. The Balaban J connectivity index is 2.54. The zero-order chi connectivity index (χ0) is 7.83. The summed E-state index contributed by atoms with van der Waals surface area (Å²) < 4.78 is 43.0. The minimum absolute atomic E-state index is 0.513. The minimum Gasteiger partial charge on any atom is -0.280 e. The fraction of sp³-hybridized carbons (Fsp3) is 1.00. The molecule has 0 amide bonds. The topological polar surface area (TPSA) is 35.5 Å². The van der Waals surface area contributed by atoms with Crippen molar-refractivity contribution in [1.82, 2.24) is 0 Å². The highest BCUT2D eigenvalue weighted by molar-refractivity contribution is 7.48. The largest absolute Gasteiger partial charge is 0.513 e. The van der Waals surface area contributed by atoms with Gasteiger partial charge in [-0.15, -0.1) is 4.20 Å². The van der Waals surface area contributed by atoms with Crippen LogP contribution < -0.4 is 0 Å². The molecule has 10 heavy (non-hydrogen) atoms. The fourth-order valence-electron chi connectivity index (χ4n) is 0.502. The van der Waals surface area contributed by atoms with Gasteiger partial charge in [-0.05, 0) is 6.92 Å². The second-order valence-corrected chi connectivity index (χ2v) is 3.77. The Bertz CT molecular complexity index is 167. The van der Waals surface area contributed by atoms with Crippen LogP contribution >= 0.6 is 7.91 Å². The molecule has 1 rings (SSSR count). The summed E-state index contributed by atoms with van der Waals surface area (Å²) in [7, 11) is -4.41. The first-order chi connectivity index (χ1) is 4.41. The van der Waals surface area contributed by atoms with E-state index < -0.39 is 26.8 Å². The molecule has 1 aliphatic rings. The zero-order valence-corrected chi connectivity index (χ0v) is 6.24. The zero-order valence-electron chi connectivity index (χ0n) is 5.34. The summed E-state index contributed by atoms with van der Waals surface area (Å²) in [4.78, 5) is 0. The Kier molecular flexibility index (Phi) is 1.83. The SMILES string of the molecule is CC1(F)COP(=O)(F)OC1. The second kappa shape index (κ2) is 2.26. The van der Waals surface area contributed by atoms with Crippen molar-refractivity contribution >= 4 is 7.91 Å². The summed E-state index contributed by atoms with van der Waals surface area (Å²) >= 11 is 0. The van der Waals surface area contributed by atoms with Gasteiger partial charge >= 0.3 is 7.91 Å². The van der Waals surface area contributed by atoms with Crippen LogP contribution in [0.25, 0.3) is 0 Å². The molecule has 60 valence electrons. The first kappa shape index (κ1) is 8.11. The molecule has 0 spiro atoms. The van der Waals surface area contributed by atoms with Gasteiger partial charge in [0, 0.05) is 0 Å². The summed E-state index contributed by atoms with van der Waals surface area (Å²) in [6, 6.07) is 0. The average molecular weight is 172 g/mol. The molecule has 1 aliphatic heterocycles. The Morgan fingerprint density at radius 2 is 1.90 bits per heavy atom. The Morgan fingerprint density at radius 1 is 1.50 bits per heavy atom. The van der Waals surface area contributed by atoms with Crippen molar-refractivity contribution < 1.29 is 22.2 Å². The van der Waals surface area contributed by atoms with Crippen molar-refractivity contribution in [3.8, 4) is 0 Å². The Labute approximate surface area is 57.0 Å². The van der Waals surface area contributed by atoms with Gasteiger partial charge in [-0.25, -0.2) is 8.96 Å². The lowest BCUT2D eigenvalue weighted by molar-refractivity contribution is -0.0107. The van der Waals surface area contributed by atoms with Crippen LogP contribution in [-0.4, -0.2) is 18.9 Å². The van der Waals surface area contributed by atoms with Gasteiger partial charge in [0.05, 0.1) is 13.2 Å². The number of halogens is 2. The van der Waals surface area contributed by atoms with E-state index in [-0.39, 0.29) is 0 Å². The quantitative estimate of drug-likeness (QED) is 0.523. The first-order valence-corrected chi connectivity index (χ1v) is 4.12. The monoisotopic (exact) mass is 172 g/mol. The third-order valence-corrected chi connectivity index (χ3v) is 1.91. The summed E-state index contributed by atoms with van der Waals surface area (Å²) in [5.41, 5.74) is -1.72. The molecule has 0 aliphatic carbocycles. The first-order valence-electron chi connectivity index (χ1n) is 2.69. The lowest BCUT2D eigenvalue weighted by Crippen LogP contribution is -2.33. The van der Waals surface area contributed by atoms with Crippen LogP contribution in [0.3, 0.4) is 0 Å². The van der Waals surface area contributed by atoms with Crippen molar-refractivity contribution in [2.75, 3.05) is 13.2 Å². The molecular weight excluding hydrogens is 165 g/mol. The Morgan fingerprint density at radius 3 is 2.20 bits per heavy atom. The van der Waals surface area contributed by atoms with Crippen LogP contribution in [0.2, 0.25) is 0 Å². The molecule has 0 atom stereocenters. The highest BCUT2D eigenvalue weighted by atomic mass is 31.2. The van der Waals surface area contributed by atoms with Crippen LogP contribution in [0.15, 0.2) is 0 Å². The van der Waals surface area contributed by atoms with Crippen molar-refractivity contribution in [2.24, 2.45) is 0 Å². The van der Waals surface area contributed by atoms with Crippen LogP contribution in [0, 0.1) is 0 Å². The maximum atomic E-state index is 12.7. The lowest BCUT2D eigenvalue weighted by Gasteiger charge is -2.26. The van der Waals surface area contributed by atoms with E-state index in [1.807, 2.05) is 0 Å². The maximum Gasteiger partial charge on any atom is 0.513 e. The molecule has 3 nitrogen and oxygen atoms in total. The van der Waals surface area contributed by atoms with E-state index in [1.165, 1.54) is 6.92 Å². The molecule has 0 unspecified atom stereocenters. The second-order valence-electron chi connectivity index (χ2n) is 2.39. The van der Waals surface area contributed by atoms with E-state index >= 15 is 0 Å². The van der Waals surface area contributed by atoms with Crippen LogP contribution in [0.5, 0.6) is 0 Å². The third kappa shape index (κ3) is 2.01. The highest BCUT2D eigenvalue weighted by Gasteiger charge is 2.39. The van der Waals surface area contributed by atoms with E-state index in [4.69, 9.17) is 0 Å². The number of hydrogen-bond donors (Lipinski definition) is 0. The molecule has 1 fully saturated rings. The molecule has 0 aromatic heterocycles. The van der Waals surface area contributed by atoms with Crippen LogP contribution in [0.4, 0.5) is 8.59 Å². The molecule has 1 heterocycles. The Hall–Kier alpha value is 0.01000. The van der Waals surface area contributed by atoms with Crippen LogP contribution in [-0.2, 0) is 13.6 Å². The standard InChI is InChI=1S/C4H7F2O3P/c1-4(5)2-8-10(6,7)9-3-4/h2-3H2,1H3. The van der Waals surface area contributed by atoms with Gasteiger partial charge in [0.25, 0.3) is 0 Å². The predicted octanol–water partition coefficient (Wildman–Crippen LogP) is 1.84. The number of alkyl halides is 1. The molecule has 0 aromatic rings. The molecule has 0 N–H and O–H groups in total. The third-order valence-electron chi connectivity index (χ3n) is 1.04. The number of hydrogen-bond acceptors (Lipinski definition) is 3. The van der Waals surface area contributed by atoms with Gasteiger partial charge in [-0.1, -0.05) is 0 Å². The van der Waals surface area contributed by atoms with E-state index in [9.17, 15) is 13.2 Å². The molecule has 1 saturated heterocycles. The van der Waals surface area contributed by atoms with Gasteiger partial charge in [-0.3, -0.25) is 9.05 Å². The van der Waals surface area contributed by atoms with Gasteiger partial charge < -0.3 is 0 Å². The van der Waals surface area contributed by atoms with Crippen molar-refractivity contribution in [2.45, 2.75) is 12.6 Å². The normalized spacial score (nSPS) is 49.1. The maximum absolute atomic E-state index is 12.7. The summed E-state index contributed by atoms with van der Waals surface area (Å²) in [5, 5.41) is 0. The van der Waals surface area contributed by atoms with Crippen molar-refractivity contribution in [3.05, 3.63) is 0 Å². The summed E-state index contributed by atoms with van der Waals surface area (Å²) in [6.45, 7) is 0.160. The molecule has 0 saturated carbocycles. The molecule has 0 radical (unpaired) electrons. The molecular formula is C4H7F2O3P.